The Balaban J connectivity index is 2.31. The lowest BCUT2D eigenvalue weighted by atomic mass is 10.2. The van der Waals surface area contributed by atoms with E-state index >= 15 is 0 Å². The topological polar surface area (TPSA) is 45.6 Å². The minimum atomic E-state index is 0.675. The third kappa shape index (κ3) is 5.89. The molecule has 18 heavy (non-hydrogen) atoms. The molecule has 0 heterocycles. The summed E-state index contributed by atoms with van der Waals surface area (Å²) >= 11 is 5.92. The highest BCUT2D eigenvalue weighted by molar-refractivity contribution is 6.30. The first-order chi connectivity index (χ1) is 8.76. The van der Waals surface area contributed by atoms with Crippen molar-refractivity contribution in [2.24, 2.45) is 4.99 Å². The van der Waals surface area contributed by atoms with Gasteiger partial charge in [-0.15, -0.1) is 0 Å². The van der Waals surface area contributed by atoms with Crippen LogP contribution in [0.5, 0.6) is 0 Å². The van der Waals surface area contributed by atoms with Gasteiger partial charge in [0.25, 0.3) is 0 Å². The molecule has 0 saturated carbocycles. The predicted octanol–water partition coefficient (Wildman–Crippen LogP) is 2.04. The fourth-order valence-corrected chi connectivity index (χ4v) is 1.65. The van der Waals surface area contributed by atoms with Crippen LogP contribution in [0.3, 0.4) is 0 Å². The van der Waals surface area contributed by atoms with Crippen molar-refractivity contribution in [1.29, 1.82) is 0 Å². The summed E-state index contributed by atoms with van der Waals surface area (Å²) in [6.07, 6.45) is 0. The maximum Gasteiger partial charge on any atom is 0.191 e. The van der Waals surface area contributed by atoms with E-state index in [2.05, 4.69) is 15.6 Å². The van der Waals surface area contributed by atoms with Gasteiger partial charge in [-0.1, -0.05) is 23.7 Å². The van der Waals surface area contributed by atoms with E-state index in [1.165, 1.54) is 0 Å². The Morgan fingerprint density at radius 1 is 1.39 bits per heavy atom. The molecule has 100 valence electrons. The van der Waals surface area contributed by atoms with E-state index in [0.717, 1.165) is 29.7 Å². The molecule has 0 aliphatic heterocycles. The summed E-state index contributed by atoms with van der Waals surface area (Å²) in [7, 11) is 1.74. The molecule has 0 radical (unpaired) electrons. The lowest BCUT2D eigenvalue weighted by Gasteiger charge is -2.11. The number of ether oxygens (including phenoxy) is 1. The standard InChI is InChI=1S/C13H20ClN3O/c1-3-18-8-7-16-13(15-2)17-10-11-5-4-6-12(14)9-11/h4-6,9H,3,7-8,10H2,1-2H3,(H2,15,16,17). The Labute approximate surface area is 113 Å². The van der Waals surface area contributed by atoms with Crippen LogP contribution < -0.4 is 10.6 Å². The van der Waals surface area contributed by atoms with Gasteiger partial charge in [0, 0.05) is 31.8 Å². The van der Waals surface area contributed by atoms with Gasteiger partial charge in [-0.05, 0) is 24.6 Å². The van der Waals surface area contributed by atoms with Gasteiger partial charge in [-0.2, -0.15) is 0 Å². The zero-order chi connectivity index (χ0) is 13.2. The number of rotatable bonds is 6. The largest absolute Gasteiger partial charge is 0.380 e. The predicted molar refractivity (Wildman–Crippen MR) is 76.1 cm³/mol. The highest BCUT2D eigenvalue weighted by atomic mass is 35.5. The third-order valence-corrected chi connectivity index (χ3v) is 2.55. The van der Waals surface area contributed by atoms with Crippen LogP contribution in [-0.4, -0.2) is 32.8 Å². The molecule has 2 N–H and O–H groups in total. The fourth-order valence-electron chi connectivity index (χ4n) is 1.44. The highest BCUT2D eigenvalue weighted by Crippen LogP contribution is 2.09. The maximum atomic E-state index is 5.92. The van der Waals surface area contributed by atoms with Crippen LogP contribution in [0.4, 0.5) is 0 Å². The summed E-state index contributed by atoms with van der Waals surface area (Å²) in [5.74, 6) is 0.759. The SMILES string of the molecule is CCOCCNC(=NC)NCc1cccc(Cl)c1. The molecule has 1 rings (SSSR count). The highest BCUT2D eigenvalue weighted by Gasteiger charge is 1.98. The molecule has 0 atom stereocenters. The quantitative estimate of drug-likeness (QED) is 0.472. The molecular formula is C13H20ClN3O. The molecule has 4 nitrogen and oxygen atoms in total. The van der Waals surface area contributed by atoms with E-state index < -0.39 is 0 Å². The van der Waals surface area contributed by atoms with Gasteiger partial charge >= 0.3 is 0 Å². The number of halogens is 1. The van der Waals surface area contributed by atoms with E-state index in [4.69, 9.17) is 16.3 Å². The number of benzene rings is 1. The van der Waals surface area contributed by atoms with Crippen molar-refractivity contribution in [3.8, 4) is 0 Å². The molecule has 0 aliphatic rings. The summed E-state index contributed by atoms with van der Waals surface area (Å²) in [5, 5.41) is 7.13. The van der Waals surface area contributed by atoms with E-state index in [1.54, 1.807) is 7.05 Å². The van der Waals surface area contributed by atoms with Crippen molar-refractivity contribution < 1.29 is 4.74 Å². The summed E-state index contributed by atoms with van der Waals surface area (Å²) in [5.41, 5.74) is 1.12. The van der Waals surface area contributed by atoms with Crippen LogP contribution in [0, 0.1) is 0 Å². The van der Waals surface area contributed by atoms with Crippen molar-refractivity contribution in [3.05, 3.63) is 34.9 Å². The number of hydrogen-bond acceptors (Lipinski definition) is 2. The molecule has 5 heteroatoms. The second-order valence-electron chi connectivity index (χ2n) is 3.68. The van der Waals surface area contributed by atoms with E-state index in [0.29, 0.717) is 13.2 Å². The second kappa shape index (κ2) is 8.78. The summed E-state index contributed by atoms with van der Waals surface area (Å²) in [6, 6.07) is 7.75. The van der Waals surface area contributed by atoms with Crippen molar-refractivity contribution >= 4 is 17.6 Å². The number of hydrogen-bond donors (Lipinski definition) is 2. The summed E-state index contributed by atoms with van der Waals surface area (Å²) in [4.78, 5) is 4.13. The Bertz CT molecular complexity index is 382. The molecule has 0 amide bonds. The first-order valence-electron chi connectivity index (χ1n) is 6.03. The van der Waals surface area contributed by atoms with Gasteiger partial charge in [0.2, 0.25) is 0 Å². The van der Waals surface area contributed by atoms with Crippen molar-refractivity contribution in [2.45, 2.75) is 13.5 Å². The molecule has 0 bridgehead atoms. The van der Waals surface area contributed by atoms with Gasteiger partial charge in [0.1, 0.15) is 0 Å². The number of aliphatic imine (C=N–C) groups is 1. The second-order valence-corrected chi connectivity index (χ2v) is 4.12. The van der Waals surface area contributed by atoms with Gasteiger partial charge < -0.3 is 15.4 Å². The Morgan fingerprint density at radius 2 is 2.22 bits per heavy atom. The van der Waals surface area contributed by atoms with Gasteiger partial charge in [0.15, 0.2) is 5.96 Å². The first-order valence-corrected chi connectivity index (χ1v) is 6.40. The number of nitrogens with one attached hydrogen (secondary N) is 2. The van der Waals surface area contributed by atoms with Gasteiger partial charge in [-0.25, -0.2) is 0 Å². The molecule has 0 spiro atoms. The summed E-state index contributed by atoms with van der Waals surface area (Å²) < 4.78 is 5.24. The molecular weight excluding hydrogens is 250 g/mol. The van der Waals surface area contributed by atoms with Crippen molar-refractivity contribution in [2.75, 3.05) is 26.8 Å². The average Bonchev–Trinajstić information content (AvgIpc) is 2.38. The van der Waals surface area contributed by atoms with Crippen LogP contribution >= 0.6 is 11.6 Å². The lowest BCUT2D eigenvalue weighted by molar-refractivity contribution is 0.152. The Hall–Kier alpha value is -1.26. The van der Waals surface area contributed by atoms with Gasteiger partial charge in [0.05, 0.1) is 6.61 Å². The molecule has 0 saturated heterocycles. The minimum Gasteiger partial charge on any atom is -0.380 e. The molecule has 1 aromatic rings. The molecule has 0 fully saturated rings. The van der Waals surface area contributed by atoms with E-state index in [1.807, 2.05) is 31.2 Å². The zero-order valence-electron chi connectivity index (χ0n) is 10.9. The molecule has 0 aliphatic carbocycles. The monoisotopic (exact) mass is 269 g/mol. The van der Waals surface area contributed by atoms with E-state index in [-0.39, 0.29) is 0 Å². The van der Waals surface area contributed by atoms with Crippen LogP contribution in [0.25, 0.3) is 0 Å². The van der Waals surface area contributed by atoms with Crippen LogP contribution in [0.2, 0.25) is 5.02 Å². The van der Waals surface area contributed by atoms with Crippen molar-refractivity contribution in [3.63, 3.8) is 0 Å². The lowest BCUT2D eigenvalue weighted by Crippen LogP contribution is -2.38. The minimum absolute atomic E-state index is 0.675. The van der Waals surface area contributed by atoms with Crippen LogP contribution in [0.15, 0.2) is 29.3 Å². The summed E-state index contributed by atoms with van der Waals surface area (Å²) in [6.45, 7) is 4.81. The van der Waals surface area contributed by atoms with E-state index in [9.17, 15) is 0 Å². The van der Waals surface area contributed by atoms with Crippen molar-refractivity contribution in [1.82, 2.24) is 10.6 Å². The first kappa shape index (κ1) is 14.8. The maximum absolute atomic E-state index is 5.92. The van der Waals surface area contributed by atoms with Crippen LogP contribution in [-0.2, 0) is 11.3 Å². The Morgan fingerprint density at radius 3 is 2.89 bits per heavy atom. The van der Waals surface area contributed by atoms with Gasteiger partial charge in [-0.3, -0.25) is 4.99 Å². The fraction of sp³-hybridized carbons (Fsp3) is 0.462. The molecule has 1 aromatic carbocycles. The Kier molecular flexibility index (Phi) is 7.22. The van der Waals surface area contributed by atoms with Crippen LogP contribution in [0.1, 0.15) is 12.5 Å². The zero-order valence-corrected chi connectivity index (χ0v) is 11.6. The molecule has 0 unspecified atom stereocenters. The smallest absolute Gasteiger partial charge is 0.191 e. The number of guanidine groups is 1. The normalized spacial score (nSPS) is 11.4. The number of nitrogens with zero attached hydrogens (tertiary/aromatic N) is 1. The average molecular weight is 270 g/mol. The molecule has 0 aromatic heterocycles. The third-order valence-electron chi connectivity index (χ3n) is 2.32.